The van der Waals surface area contributed by atoms with Gasteiger partial charge in [0.25, 0.3) is 0 Å². The van der Waals surface area contributed by atoms with E-state index in [4.69, 9.17) is 5.11 Å². The Morgan fingerprint density at radius 2 is 2.19 bits per heavy atom. The van der Waals surface area contributed by atoms with E-state index >= 15 is 0 Å². The molecule has 0 aliphatic heterocycles. The van der Waals surface area contributed by atoms with Crippen LogP contribution in [0.3, 0.4) is 0 Å². The van der Waals surface area contributed by atoms with E-state index in [2.05, 4.69) is 38.2 Å². The zero-order chi connectivity index (χ0) is 11.8. The molecule has 3 rings (SSSR count). The van der Waals surface area contributed by atoms with Crippen molar-refractivity contribution >= 4 is 0 Å². The number of fused-ring (bicyclic) bond motifs is 1. The Morgan fingerprint density at radius 1 is 1.44 bits per heavy atom. The van der Waals surface area contributed by atoms with E-state index < -0.39 is 0 Å². The minimum Gasteiger partial charge on any atom is -0.396 e. The lowest BCUT2D eigenvalue weighted by atomic mass is 9.50. The van der Waals surface area contributed by atoms with Gasteiger partial charge < -0.3 is 10.4 Å². The standard InChI is InChI=1S/C14H25NO/c1-10(6-7-16)9-15-13-5-4-11-8-12(13)14(11,2)3/h4-5,10-13,15-16H,6-9H2,1-3H3/t10?,11-,12-,13?/m0/s1. The highest BCUT2D eigenvalue weighted by Gasteiger charge is 2.51. The van der Waals surface area contributed by atoms with Crippen LogP contribution in [0.5, 0.6) is 0 Å². The summed E-state index contributed by atoms with van der Waals surface area (Å²) in [4.78, 5) is 0. The van der Waals surface area contributed by atoms with Crippen LogP contribution >= 0.6 is 0 Å². The fourth-order valence-electron chi connectivity index (χ4n) is 3.19. The summed E-state index contributed by atoms with van der Waals surface area (Å²) in [5.41, 5.74) is 0.493. The van der Waals surface area contributed by atoms with Crippen LogP contribution in [-0.4, -0.2) is 24.3 Å². The molecule has 2 heteroatoms. The van der Waals surface area contributed by atoms with Gasteiger partial charge in [-0.3, -0.25) is 0 Å². The molecule has 0 aromatic heterocycles. The molecule has 4 atom stereocenters. The van der Waals surface area contributed by atoms with Crippen LogP contribution in [0, 0.1) is 23.2 Å². The minimum atomic E-state index is 0.306. The number of hydrogen-bond acceptors (Lipinski definition) is 2. The third-order valence-electron chi connectivity index (χ3n) is 4.73. The molecule has 1 fully saturated rings. The molecule has 0 radical (unpaired) electrons. The summed E-state index contributed by atoms with van der Waals surface area (Å²) >= 11 is 0. The Labute approximate surface area is 99.1 Å². The summed E-state index contributed by atoms with van der Waals surface area (Å²) in [7, 11) is 0. The molecule has 1 saturated carbocycles. The minimum absolute atomic E-state index is 0.306. The van der Waals surface area contributed by atoms with Gasteiger partial charge in [0.15, 0.2) is 0 Å². The van der Waals surface area contributed by atoms with Crippen molar-refractivity contribution in [1.82, 2.24) is 5.32 Å². The quantitative estimate of drug-likeness (QED) is 0.700. The van der Waals surface area contributed by atoms with E-state index in [0.29, 0.717) is 24.0 Å². The highest BCUT2D eigenvalue weighted by Crippen LogP contribution is 2.56. The van der Waals surface area contributed by atoms with E-state index in [-0.39, 0.29) is 0 Å². The van der Waals surface area contributed by atoms with Crippen LogP contribution in [-0.2, 0) is 0 Å². The van der Waals surface area contributed by atoms with Gasteiger partial charge in [0.2, 0.25) is 0 Å². The van der Waals surface area contributed by atoms with Crippen LogP contribution in [0.25, 0.3) is 0 Å². The summed E-state index contributed by atoms with van der Waals surface area (Å²) in [6, 6.07) is 0.557. The van der Waals surface area contributed by atoms with Gasteiger partial charge in [-0.2, -0.15) is 0 Å². The number of aliphatic hydroxyl groups excluding tert-OH is 1. The SMILES string of the molecule is CC(CCO)CNC1C=C[C@H]2C[C@@H]1C2(C)C. The van der Waals surface area contributed by atoms with Gasteiger partial charge in [0.05, 0.1) is 0 Å². The highest BCUT2D eigenvalue weighted by molar-refractivity contribution is 5.19. The Hall–Kier alpha value is -0.340. The van der Waals surface area contributed by atoms with E-state index in [1.165, 1.54) is 6.42 Å². The van der Waals surface area contributed by atoms with Gasteiger partial charge in [-0.1, -0.05) is 32.9 Å². The molecular formula is C14H25NO. The second kappa shape index (κ2) is 4.50. The Kier molecular flexibility index (Phi) is 3.41. The maximum atomic E-state index is 8.87. The van der Waals surface area contributed by atoms with Crippen LogP contribution in [0.4, 0.5) is 0 Å². The molecule has 2 bridgehead atoms. The zero-order valence-electron chi connectivity index (χ0n) is 10.7. The fourth-order valence-corrected chi connectivity index (χ4v) is 3.19. The molecule has 0 aromatic carbocycles. The predicted molar refractivity (Wildman–Crippen MR) is 67.2 cm³/mol. The molecule has 2 nitrogen and oxygen atoms in total. The number of hydrogen-bond donors (Lipinski definition) is 2. The van der Waals surface area contributed by atoms with Gasteiger partial charge in [0.1, 0.15) is 0 Å². The van der Waals surface area contributed by atoms with Crippen molar-refractivity contribution in [1.29, 1.82) is 0 Å². The van der Waals surface area contributed by atoms with Gasteiger partial charge in [-0.15, -0.1) is 0 Å². The first-order valence-corrected chi connectivity index (χ1v) is 6.58. The Morgan fingerprint density at radius 3 is 2.75 bits per heavy atom. The summed E-state index contributed by atoms with van der Waals surface area (Å²) in [6.45, 7) is 8.31. The third kappa shape index (κ3) is 2.05. The molecule has 0 heterocycles. The third-order valence-corrected chi connectivity index (χ3v) is 4.73. The normalized spacial score (nSPS) is 36.9. The number of rotatable bonds is 5. The first-order chi connectivity index (χ1) is 7.55. The molecule has 2 unspecified atom stereocenters. The molecule has 16 heavy (non-hydrogen) atoms. The largest absolute Gasteiger partial charge is 0.396 e. The van der Waals surface area contributed by atoms with Crippen molar-refractivity contribution in [3.63, 3.8) is 0 Å². The molecule has 0 saturated heterocycles. The zero-order valence-corrected chi connectivity index (χ0v) is 10.7. The predicted octanol–water partition coefficient (Wildman–Crippen LogP) is 2.20. The van der Waals surface area contributed by atoms with Crippen molar-refractivity contribution in [2.24, 2.45) is 23.2 Å². The van der Waals surface area contributed by atoms with Crippen LogP contribution in [0.15, 0.2) is 12.2 Å². The van der Waals surface area contributed by atoms with Gasteiger partial charge in [-0.05, 0) is 42.6 Å². The average Bonchev–Trinajstić information content (AvgIpc) is 2.27. The molecule has 3 aliphatic carbocycles. The number of aliphatic hydroxyl groups is 1. The number of allylic oxidation sites excluding steroid dienone is 1. The Balaban J connectivity index is 1.83. The van der Waals surface area contributed by atoms with E-state index in [1.54, 1.807) is 0 Å². The molecular weight excluding hydrogens is 198 g/mol. The van der Waals surface area contributed by atoms with E-state index in [1.807, 2.05) is 0 Å². The van der Waals surface area contributed by atoms with Gasteiger partial charge in [0, 0.05) is 12.6 Å². The second-order valence-corrected chi connectivity index (χ2v) is 6.21. The van der Waals surface area contributed by atoms with Crippen molar-refractivity contribution in [2.45, 2.75) is 39.7 Å². The summed E-state index contributed by atoms with van der Waals surface area (Å²) in [6.07, 6.45) is 7.01. The van der Waals surface area contributed by atoms with Crippen LogP contribution in [0.2, 0.25) is 0 Å². The topological polar surface area (TPSA) is 32.3 Å². The van der Waals surface area contributed by atoms with E-state index in [0.717, 1.165) is 24.8 Å². The summed E-state index contributed by atoms with van der Waals surface area (Å²) < 4.78 is 0. The lowest BCUT2D eigenvalue weighted by Gasteiger charge is -2.57. The van der Waals surface area contributed by atoms with E-state index in [9.17, 15) is 0 Å². The molecule has 0 aromatic rings. The van der Waals surface area contributed by atoms with Crippen LogP contribution in [0.1, 0.15) is 33.6 Å². The molecule has 2 N–H and O–H groups in total. The Bertz CT molecular complexity index is 272. The van der Waals surface area contributed by atoms with Gasteiger partial charge >= 0.3 is 0 Å². The molecule has 3 aliphatic rings. The van der Waals surface area contributed by atoms with Crippen LogP contribution < -0.4 is 5.32 Å². The summed E-state index contributed by atoms with van der Waals surface area (Å²) in [5.74, 6) is 2.19. The van der Waals surface area contributed by atoms with Crippen molar-refractivity contribution in [3.8, 4) is 0 Å². The lowest BCUT2D eigenvalue weighted by molar-refractivity contribution is -0.0175. The fraction of sp³-hybridized carbons (Fsp3) is 0.857. The monoisotopic (exact) mass is 223 g/mol. The maximum absolute atomic E-state index is 8.87. The van der Waals surface area contributed by atoms with Crippen molar-refractivity contribution in [2.75, 3.05) is 13.2 Å². The first kappa shape index (κ1) is 12.1. The first-order valence-electron chi connectivity index (χ1n) is 6.58. The number of nitrogens with one attached hydrogen (secondary N) is 1. The van der Waals surface area contributed by atoms with Crippen molar-refractivity contribution < 1.29 is 5.11 Å². The maximum Gasteiger partial charge on any atom is 0.0434 e. The smallest absolute Gasteiger partial charge is 0.0434 e. The molecule has 0 spiro atoms. The highest BCUT2D eigenvalue weighted by atomic mass is 16.3. The lowest BCUT2D eigenvalue weighted by Crippen LogP contribution is -2.56. The molecule has 0 amide bonds. The second-order valence-electron chi connectivity index (χ2n) is 6.21. The molecule has 92 valence electrons. The summed E-state index contributed by atoms with van der Waals surface area (Å²) in [5, 5.41) is 12.5. The average molecular weight is 223 g/mol. The van der Waals surface area contributed by atoms with Crippen molar-refractivity contribution in [3.05, 3.63) is 12.2 Å². The van der Waals surface area contributed by atoms with Gasteiger partial charge in [-0.25, -0.2) is 0 Å².